The summed E-state index contributed by atoms with van der Waals surface area (Å²) in [7, 11) is 1.74. The number of H-pyrrole nitrogens is 1. The molecule has 1 amide bonds. The zero-order valence-corrected chi connectivity index (χ0v) is 24.3. The standard InChI is InChI=1S/C32H39FN6O2/c1-5-38(4)32(40)28-30(41-27-13-12-26-25(29(27)33)19-22(3)36-26)21(2)7-6-14-35-31(28)37-24-10-8-23(9-11-24)20-39-17-15-34-16-18-39/h6,8-14,19,21,34,36H,5,7,15-18,20H2,1-4H3,(H,35,37)/b14-6+,30-28-. The summed E-state index contributed by atoms with van der Waals surface area (Å²) in [5, 5.41) is 7.20. The number of rotatable bonds is 7. The maximum atomic E-state index is 15.6. The third-order valence-corrected chi connectivity index (χ3v) is 7.65. The van der Waals surface area contributed by atoms with Crippen molar-refractivity contribution < 1.29 is 13.9 Å². The molecule has 1 unspecified atom stereocenters. The van der Waals surface area contributed by atoms with Gasteiger partial charge in [-0.25, -0.2) is 9.38 Å². The van der Waals surface area contributed by atoms with Crippen LogP contribution in [-0.2, 0) is 11.3 Å². The summed E-state index contributed by atoms with van der Waals surface area (Å²) in [6, 6.07) is 13.3. The number of carbonyl (C=O) groups excluding carboxylic acids is 1. The third kappa shape index (κ3) is 6.52. The number of likely N-dealkylation sites (N-methyl/N-ethyl adjacent to an activating group) is 1. The highest BCUT2D eigenvalue weighted by atomic mass is 19.1. The van der Waals surface area contributed by atoms with Gasteiger partial charge in [0.25, 0.3) is 5.91 Å². The van der Waals surface area contributed by atoms with Crippen LogP contribution in [0.15, 0.2) is 71.1 Å². The fourth-order valence-electron chi connectivity index (χ4n) is 5.16. The smallest absolute Gasteiger partial charge is 0.260 e. The lowest BCUT2D eigenvalue weighted by Gasteiger charge is -2.27. The molecule has 0 bridgehead atoms. The summed E-state index contributed by atoms with van der Waals surface area (Å²) >= 11 is 0. The number of ether oxygens (including phenoxy) is 1. The number of aryl methyl sites for hydroxylation is 1. The lowest BCUT2D eigenvalue weighted by Crippen LogP contribution is -2.42. The molecule has 0 aliphatic carbocycles. The maximum Gasteiger partial charge on any atom is 0.260 e. The SMILES string of the molecule is CCN(C)C(=O)C1=C(\Oc2ccc3[nH]c(C)cc3c2F)C(C)C/C=C/N=C\1Nc1ccc(CN2CCNCC2)cc1. The predicted molar refractivity (Wildman–Crippen MR) is 163 cm³/mol. The molecular formula is C32H39FN6O2. The van der Waals surface area contributed by atoms with E-state index in [1.54, 1.807) is 36.3 Å². The van der Waals surface area contributed by atoms with Gasteiger partial charge in [-0.2, -0.15) is 0 Å². The number of halogens is 1. The van der Waals surface area contributed by atoms with Gasteiger partial charge in [-0.3, -0.25) is 9.69 Å². The Kier molecular flexibility index (Phi) is 8.85. The minimum absolute atomic E-state index is 0.0731. The van der Waals surface area contributed by atoms with E-state index in [0.717, 1.165) is 44.1 Å². The average Bonchev–Trinajstić information content (AvgIpc) is 3.37. The Labute approximate surface area is 241 Å². The van der Waals surface area contributed by atoms with E-state index in [2.05, 4.69) is 37.6 Å². The van der Waals surface area contributed by atoms with Crippen LogP contribution in [-0.4, -0.2) is 66.3 Å². The Hall–Kier alpha value is -3.95. The van der Waals surface area contributed by atoms with Crippen molar-refractivity contribution >= 4 is 28.3 Å². The second-order valence-electron chi connectivity index (χ2n) is 10.8. The monoisotopic (exact) mass is 558 g/mol. The number of carbonyl (C=O) groups is 1. The zero-order chi connectivity index (χ0) is 28.9. The van der Waals surface area contributed by atoms with Gasteiger partial charge in [0.2, 0.25) is 0 Å². The third-order valence-electron chi connectivity index (χ3n) is 7.65. The first-order valence-corrected chi connectivity index (χ1v) is 14.3. The topological polar surface area (TPSA) is 85.0 Å². The lowest BCUT2D eigenvalue weighted by molar-refractivity contribution is -0.125. The van der Waals surface area contributed by atoms with Crippen LogP contribution in [0.5, 0.6) is 5.75 Å². The fourth-order valence-corrected chi connectivity index (χ4v) is 5.16. The van der Waals surface area contributed by atoms with Gasteiger partial charge < -0.3 is 25.3 Å². The molecule has 1 fully saturated rings. The van der Waals surface area contributed by atoms with Gasteiger partial charge >= 0.3 is 0 Å². The highest BCUT2D eigenvalue weighted by Crippen LogP contribution is 2.32. The molecule has 3 aromatic rings. The molecule has 2 aromatic carbocycles. The normalized spacial score (nSPS) is 22.0. The molecule has 0 spiro atoms. The van der Waals surface area contributed by atoms with Crippen molar-refractivity contribution in [1.82, 2.24) is 20.1 Å². The Morgan fingerprint density at radius 1 is 1.20 bits per heavy atom. The Morgan fingerprint density at radius 3 is 2.68 bits per heavy atom. The van der Waals surface area contributed by atoms with Crippen molar-refractivity contribution in [2.24, 2.45) is 10.9 Å². The van der Waals surface area contributed by atoms with Crippen LogP contribution in [0.2, 0.25) is 0 Å². The van der Waals surface area contributed by atoms with Gasteiger partial charge in [0.05, 0.1) is 0 Å². The maximum absolute atomic E-state index is 15.6. The average molecular weight is 559 g/mol. The van der Waals surface area contributed by atoms with Crippen molar-refractivity contribution in [1.29, 1.82) is 0 Å². The molecule has 0 radical (unpaired) electrons. The number of piperazine rings is 1. The summed E-state index contributed by atoms with van der Waals surface area (Å²) in [5.41, 5.74) is 3.87. The molecule has 41 heavy (non-hydrogen) atoms. The predicted octanol–water partition coefficient (Wildman–Crippen LogP) is 5.20. The second kappa shape index (κ2) is 12.7. The number of aromatic amines is 1. The Balaban J connectivity index is 1.50. The van der Waals surface area contributed by atoms with E-state index in [0.29, 0.717) is 41.0 Å². The Morgan fingerprint density at radius 2 is 1.95 bits per heavy atom. The van der Waals surface area contributed by atoms with Crippen molar-refractivity contribution in [3.8, 4) is 5.75 Å². The molecule has 1 saturated heterocycles. The Bertz CT molecular complexity index is 1480. The lowest BCUT2D eigenvalue weighted by atomic mass is 9.98. The molecule has 0 saturated carbocycles. The largest absolute Gasteiger partial charge is 0.457 e. The number of amides is 1. The molecule has 1 aromatic heterocycles. The first-order chi connectivity index (χ1) is 19.8. The van der Waals surface area contributed by atoms with Crippen LogP contribution in [0.4, 0.5) is 10.1 Å². The van der Waals surface area contributed by atoms with E-state index in [4.69, 9.17) is 4.74 Å². The van der Waals surface area contributed by atoms with Gasteiger partial charge in [0, 0.05) is 80.7 Å². The molecular weight excluding hydrogens is 519 g/mol. The molecule has 3 N–H and O–H groups in total. The van der Waals surface area contributed by atoms with E-state index in [9.17, 15) is 4.79 Å². The van der Waals surface area contributed by atoms with Crippen molar-refractivity contribution in [2.75, 3.05) is 45.1 Å². The molecule has 2 aliphatic heterocycles. The first-order valence-electron chi connectivity index (χ1n) is 14.3. The van der Waals surface area contributed by atoms with E-state index in [-0.39, 0.29) is 17.6 Å². The van der Waals surface area contributed by atoms with Crippen molar-refractivity contribution in [2.45, 2.75) is 33.7 Å². The molecule has 1 atom stereocenters. The highest BCUT2D eigenvalue weighted by Gasteiger charge is 2.30. The van der Waals surface area contributed by atoms with E-state index >= 15 is 4.39 Å². The molecule has 9 heteroatoms. The van der Waals surface area contributed by atoms with Gasteiger partial charge in [-0.05, 0) is 56.2 Å². The minimum atomic E-state index is -0.466. The summed E-state index contributed by atoms with van der Waals surface area (Å²) in [6.07, 6.45) is 4.24. The molecule has 2 aliphatic rings. The summed E-state index contributed by atoms with van der Waals surface area (Å²) in [6.45, 7) is 11.2. The van der Waals surface area contributed by atoms with Crippen LogP contribution >= 0.6 is 0 Å². The van der Waals surface area contributed by atoms with Gasteiger partial charge in [-0.1, -0.05) is 25.1 Å². The highest BCUT2D eigenvalue weighted by molar-refractivity contribution is 6.25. The quantitative estimate of drug-likeness (QED) is 0.372. The molecule has 3 heterocycles. The number of nitrogens with zero attached hydrogens (tertiary/aromatic N) is 3. The number of benzene rings is 2. The number of anilines is 1. The first kappa shape index (κ1) is 28.6. The molecule has 8 nitrogen and oxygen atoms in total. The number of fused-ring (bicyclic) bond motifs is 1. The van der Waals surface area contributed by atoms with Crippen molar-refractivity contribution in [3.05, 3.63) is 83.1 Å². The van der Waals surface area contributed by atoms with Crippen LogP contribution < -0.4 is 15.4 Å². The van der Waals surface area contributed by atoms with E-state index < -0.39 is 5.82 Å². The number of allylic oxidation sites excluding steroid dienone is 2. The summed E-state index contributed by atoms with van der Waals surface area (Å²) in [5.74, 6) is -0.0959. The number of amidine groups is 1. The van der Waals surface area contributed by atoms with Crippen LogP contribution in [0.25, 0.3) is 10.9 Å². The summed E-state index contributed by atoms with van der Waals surface area (Å²) in [4.78, 5) is 25.7. The minimum Gasteiger partial charge on any atom is -0.457 e. The van der Waals surface area contributed by atoms with Crippen molar-refractivity contribution in [3.63, 3.8) is 0 Å². The number of hydrogen-bond acceptors (Lipinski definition) is 6. The van der Waals surface area contributed by atoms with Gasteiger partial charge in [-0.15, -0.1) is 0 Å². The van der Waals surface area contributed by atoms with Gasteiger partial charge in [0.15, 0.2) is 11.6 Å². The zero-order valence-electron chi connectivity index (χ0n) is 24.3. The second-order valence-corrected chi connectivity index (χ2v) is 10.8. The molecule has 5 rings (SSSR count). The number of hydrogen-bond donors (Lipinski definition) is 3. The van der Waals surface area contributed by atoms with Crippen LogP contribution in [0.1, 0.15) is 31.5 Å². The number of nitrogens with one attached hydrogen (secondary N) is 3. The summed E-state index contributed by atoms with van der Waals surface area (Å²) < 4.78 is 21.9. The van der Waals surface area contributed by atoms with E-state index in [1.165, 1.54) is 5.56 Å². The van der Waals surface area contributed by atoms with Crippen LogP contribution in [0, 0.1) is 18.7 Å². The molecule has 216 valence electrons. The van der Waals surface area contributed by atoms with E-state index in [1.807, 2.05) is 39.0 Å². The van der Waals surface area contributed by atoms with Gasteiger partial charge in [0.1, 0.15) is 17.2 Å². The number of aromatic nitrogens is 1. The fraction of sp³-hybridized carbons (Fsp3) is 0.375. The number of aliphatic imine (C=N–C) groups is 1. The van der Waals surface area contributed by atoms with Crippen LogP contribution in [0.3, 0.4) is 0 Å².